The van der Waals surface area contributed by atoms with E-state index in [9.17, 15) is 4.79 Å². The van der Waals surface area contributed by atoms with Gasteiger partial charge in [-0.15, -0.1) is 0 Å². The fourth-order valence-electron chi connectivity index (χ4n) is 2.90. The normalized spacial score (nSPS) is 19.0. The van der Waals surface area contributed by atoms with Crippen molar-refractivity contribution in [3.8, 4) is 0 Å². The topological polar surface area (TPSA) is 61.4 Å². The predicted octanol–water partition coefficient (Wildman–Crippen LogP) is 1.42. The monoisotopic (exact) mass is 305 g/mol. The Balaban J connectivity index is 1.91. The molecular weight excluding hydrogens is 278 g/mol. The number of anilines is 1. The largest absolute Gasteiger partial charge is 0.356 e. The molecule has 0 bridgehead atoms. The van der Waals surface area contributed by atoms with Gasteiger partial charge in [-0.25, -0.2) is 9.97 Å². The lowest BCUT2D eigenvalue weighted by Crippen LogP contribution is -2.41. The highest BCUT2D eigenvalue weighted by molar-refractivity contribution is 5.72. The maximum Gasteiger partial charge on any atom is 0.224 e. The smallest absolute Gasteiger partial charge is 0.224 e. The number of nitrogens with one attached hydrogen (secondary N) is 1. The van der Waals surface area contributed by atoms with Crippen LogP contribution in [0.3, 0.4) is 0 Å². The molecule has 1 aromatic heterocycles. The number of likely N-dealkylation sites (tertiary alicyclic amines) is 1. The number of carbonyl (C=O) groups excluding carboxylic acids is 1. The van der Waals surface area contributed by atoms with Gasteiger partial charge < -0.3 is 10.2 Å². The number of carbonyl (C=O) groups is 1. The number of hydrogen-bond donors (Lipinski definition) is 1. The quantitative estimate of drug-likeness (QED) is 0.861. The van der Waals surface area contributed by atoms with Crippen molar-refractivity contribution in [1.82, 2.24) is 20.2 Å². The lowest BCUT2D eigenvalue weighted by atomic mass is 9.99. The van der Waals surface area contributed by atoms with Crippen molar-refractivity contribution >= 4 is 11.9 Å². The fourth-order valence-corrected chi connectivity index (χ4v) is 2.90. The molecule has 1 N–H and O–H groups in total. The first-order chi connectivity index (χ1) is 10.6. The zero-order chi connectivity index (χ0) is 15.9. The van der Waals surface area contributed by atoms with Gasteiger partial charge in [-0.3, -0.25) is 9.69 Å². The first-order valence-corrected chi connectivity index (χ1v) is 8.03. The Morgan fingerprint density at radius 1 is 1.36 bits per heavy atom. The van der Waals surface area contributed by atoms with Crippen LogP contribution in [0.4, 0.5) is 5.95 Å². The van der Waals surface area contributed by atoms with E-state index < -0.39 is 0 Å². The molecule has 0 spiro atoms. The Labute approximate surface area is 132 Å². The third-order valence-electron chi connectivity index (χ3n) is 4.08. The molecule has 6 heteroatoms. The molecule has 22 heavy (non-hydrogen) atoms. The molecule has 2 rings (SSSR count). The Bertz CT molecular complexity index is 474. The minimum Gasteiger partial charge on any atom is -0.356 e. The number of hydrogen-bond acceptors (Lipinski definition) is 5. The molecule has 0 aromatic carbocycles. The summed E-state index contributed by atoms with van der Waals surface area (Å²) in [5, 5.41) is 2.90. The van der Waals surface area contributed by atoms with Gasteiger partial charge in [0.2, 0.25) is 11.9 Å². The minimum atomic E-state index is 0.0510. The summed E-state index contributed by atoms with van der Waals surface area (Å²) < 4.78 is 0. The van der Waals surface area contributed by atoms with Crippen molar-refractivity contribution in [3.05, 3.63) is 18.0 Å². The zero-order valence-electron chi connectivity index (χ0n) is 13.9. The van der Waals surface area contributed by atoms with E-state index in [0.717, 1.165) is 37.6 Å². The van der Waals surface area contributed by atoms with Crippen molar-refractivity contribution < 1.29 is 4.79 Å². The van der Waals surface area contributed by atoms with E-state index in [1.165, 1.54) is 19.3 Å². The number of piperidine rings is 1. The van der Waals surface area contributed by atoms with Crippen LogP contribution in [0.15, 0.2) is 12.4 Å². The van der Waals surface area contributed by atoms with Crippen LogP contribution in [0.25, 0.3) is 0 Å². The molecule has 1 aromatic rings. The molecule has 1 amide bonds. The Morgan fingerprint density at radius 3 is 2.73 bits per heavy atom. The Kier molecular flexibility index (Phi) is 6.12. The first-order valence-electron chi connectivity index (χ1n) is 8.03. The summed E-state index contributed by atoms with van der Waals surface area (Å²) in [6.07, 6.45) is 8.57. The van der Waals surface area contributed by atoms with Gasteiger partial charge in [-0.1, -0.05) is 6.42 Å². The van der Waals surface area contributed by atoms with Crippen LogP contribution in [0.1, 0.15) is 38.2 Å². The molecule has 122 valence electrons. The van der Waals surface area contributed by atoms with Crippen LogP contribution in [0, 0.1) is 0 Å². The van der Waals surface area contributed by atoms with E-state index >= 15 is 0 Å². The number of amides is 1. The second-order valence-corrected chi connectivity index (χ2v) is 6.18. The number of aromatic nitrogens is 2. The second kappa shape index (κ2) is 8.08. The van der Waals surface area contributed by atoms with Crippen molar-refractivity contribution in [1.29, 1.82) is 0 Å². The summed E-state index contributed by atoms with van der Waals surface area (Å²) in [6, 6.07) is 0.536. The summed E-state index contributed by atoms with van der Waals surface area (Å²) in [6.45, 7) is 4.33. The van der Waals surface area contributed by atoms with Gasteiger partial charge in [0.15, 0.2) is 0 Å². The second-order valence-electron chi connectivity index (χ2n) is 6.18. The summed E-state index contributed by atoms with van der Waals surface area (Å²) in [5.41, 5.74) is 1.15. The Morgan fingerprint density at radius 2 is 2.09 bits per heavy atom. The maximum absolute atomic E-state index is 11.0. The first kappa shape index (κ1) is 16.7. The predicted molar refractivity (Wildman–Crippen MR) is 87.7 cm³/mol. The minimum absolute atomic E-state index is 0.0510. The molecule has 1 aliphatic heterocycles. The molecule has 0 radical (unpaired) electrons. The average Bonchev–Trinajstić information content (AvgIpc) is 2.49. The molecule has 6 nitrogen and oxygen atoms in total. The molecular formula is C16H27N5O. The van der Waals surface area contributed by atoms with E-state index in [-0.39, 0.29) is 5.91 Å². The lowest BCUT2D eigenvalue weighted by molar-refractivity contribution is -0.119. The van der Waals surface area contributed by atoms with Gasteiger partial charge in [0.25, 0.3) is 0 Å². The molecule has 0 saturated carbocycles. The summed E-state index contributed by atoms with van der Waals surface area (Å²) in [4.78, 5) is 24.2. The Hall–Kier alpha value is -1.69. The van der Waals surface area contributed by atoms with E-state index in [0.29, 0.717) is 6.04 Å². The van der Waals surface area contributed by atoms with Gasteiger partial charge >= 0.3 is 0 Å². The van der Waals surface area contributed by atoms with Crippen LogP contribution in [0.2, 0.25) is 0 Å². The van der Waals surface area contributed by atoms with Gasteiger partial charge in [0, 0.05) is 58.1 Å². The van der Waals surface area contributed by atoms with Crippen molar-refractivity contribution in [3.63, 3.8) is 0 Å². The summed E-state index contributed by atoms with van der Waals surface area (Å²) in [5.74, 6) is 0.791. The standard InChI is InChI=1S/C16H27N5O/c1-13(22)17-8-7-15-6-4-5-9-21(15)12-14-10-18-16(19-11-14)20(2)3/h10-11,15H,4-9,12H2,1-3H3,(H,17,22). The van der Waals surface area contributed by atoms with Gasteiger partial charge in [-0.2, -0.15) is 0 Å². The number of nitrogens with zero attached hydrogens (tertiary/aromatic N) is 4. The van der Waals surface area contributed by atoms with Crippen molar-refractivity contribution in [2.45, 2.75) is 45.2 Å². The lowest BCUT2D eigenvalue weighted by Gasteiger charge is -2.35. The van der Waals surface area contributed by atoms with Crippen LogP contribution < -0.4 is 10.2 Å². The van der Waals surface area contributed by atoms with E-state index in [1.807, 2.05) is 31.4 Å². The average molecular weight is 305 g/mol. The number of rotatable bonds is 6. The molecule has 1 aliphatic rings. The van der Waals surface area contributed by atoms with E-state index in [2.05, 4.69) is 20.2 Å². The van der Waals surface area contributed by atoms with Gasteiger partial charge in [-0.05, 0) is 25.8 Å². The highest BCUT2D eigenvalue weighted by Crippen LogP contribution is 2.21. The highest BCUT2D eigenvalue weighted by atomic mass is 16.1. The summed E-state index contributed by atoms with van der Waals surface area (Å²) >= 11 is 0. The van der Waals surface area contributed by atoms with Crippen LogP contribution in [-0.4, -0.2) is 54.0 Å². The van der Waals surface area contributed by atoms with Gasteiger partial charge in [0.1, 0.15) is 0 Å². The van der Waals surface area contributed by atoms with E-state index in [4.69, 9.17) is 0 Å². The molecule has 1 unspecified atom stereocenters. The molecule has 1 atom stereocenters. The fraction of sp³-hybridized carbons (Fsp3) is 0.688. The zero-order valence-corrected chi connectivity index (χ0v) is 13.9. The van der Waals surface area contributed by atoms with E-state index in [1.54, 1.807) is 6.92 Å². The third-order valence-corrected chi connectivity index (χ3v) is 4.08. The maximum atomic E-state index is 11.0. The highest BCUT2D eigenvalue weighted by Gasteiger charge is 2.22. The SMILES string of the molecule is CC(=O)NCCC1CCCCN1Cc1cnc(N(C)C)nc1. The van der Waals surface area contributed by atoms with Crippen molar-refractivity contribution in [2.75, 3.05) is 32.1 Å². The summed E-state index contributed by atoms with van der Waals surface area (Å²) in [7, 11) is 3.88. The molecule has 0 aliphatic carbocycles. The van der Waals surface area contributed by atoms with Crippen molar-refractivity contribution in [2.24, 2.45) is 0 Å². The van der Waals surface area contributed by atoms with Crippen LogP contribution in [-0.2, 0) is 11.3 Å². The van der Waals surface area contributed by atoms with Gasteiger partial charge in [0.05, 0.1) is 0 Å². The molecule has 1 saturated heterocycles. The van der Waals surface area contributed by atoms with Crippen LogP contribution in [0.5, 0.6) is 0 Å². The third kappa shape index (κ3) is 4.94. The molecule has 1 fully saturated rings. The van der Waals surface area contributed by atoms with Crippen LogP contribution >= 0.6 is 0 Å². The molecule has 2 heterocycles.